The van der Waals surface area contributed by atoms with Crippen LogP contribution in [0, 0.1) is 0 Å². The van der Waals surface area contributed by atoms with Crippen LogP contribution in [0.2, 0.25) is 0 Å². The maximum atomic E-state index is 12.6. The molecule has 360 valence electrons. The van der Waals surface area contributed by atoms with Gasteiger partial charge in [-0.15, -0.1) is 0 Å². The van der Waals surface area contributed by atoms with Gasteiger partial charge in [0.15, 0.2) is 0 Å². The number of hydrogen-bond acceptors (Lipinski definition) is 3. The molecule has 71 heavy (non-hydrogen) atoms. The smallest absolute Gasteiger partial charge is 0.149 e. The largest absolute Gasteiger partial charge is 0.507 e. The molecule has 7 aromatic carbocycles. The fraction of sp³-hybridized carbons (Fsp3) is 0.284. The monoisotopic (exact) mass is 934 g/mol. The molecule has 0 bridgehead atoms. The zero-order valence-electron chi connectivity index (χ0n) is 44.5. The number of hydrogen-bond donors (Lipinski definition) is 1. The van der Waals surface area contributed by atoms with Crippen molar-refractivity contribution in [3.63, 3.8) is 0 Å². The van der Waals surface area contributed by atoms with E-state index in [1.165, 1.54) is 22.3 Å². The average Bonchev–Trinajstić information content (AvgIpc) is 3.72. The summed E-state index contributed by atoms with van der Waals surface area (Å²) in [6, 6.07) is 59.4. The molecule has 0 saturated carbocycles. The van der Waals surface area contributed by atoms with E-state index in [1.54, 1.807) is 0 Å². The summed E-state index contributed by atoms with van der Waals surface area (Å²) in [5.74, 6) is 0.954. The van der Waals surface area contributed by atoms with E-state index in [0.717, 1.165) is 72.5 Å². The summed E-state index contributed by atoms with van der Waals surface area (Å²) in [7, 11) is 0. The lowest BCUT2D eigenvalue weighted by Crippen LogP contribution is -2.18. The highest BCUT2D eigenvalue weighted by Gasteiger charge is 2.30. The average molecular weight is 934 g/mol. The molecule has 0 amide bonds. The van der Waals surface area contributed by atoms with E-state index in [1.807, 2.05) is 6.20 Å². The van der Waals surface area contributed by atoms with Crippen molar-refractivity contribution in [1.82, 2.24) is 14.5 Å². The molecule has 2 heterocycles. The summed E-state index contributed by atoms with van der Waals surface area (Å²) < 4.78 is 2.30. The Bertz CT molecular complexity index is 3420. The van der Waals surface area contributed by atoms with Crippen molar-refractivity contribution in [2.24, 2.45) is 0 Å². The van der Waals surface area contributed by atoms with E-state index >= 15 is 0 Å². The van der Waals surface area contributed by atoms with Crippen molar-refractivity contribution in [2.75, 3.05) is 0 Å². The van der Waals surface area contributed by atoms with Gasteiger partial charge in [-0.1, -0.05) is 212 Å². The number of aromatic nitrogens is 3. The molecule has 4 nitrogen and oxygen atoms in total. The summed E-state index contributed by atoms with van der Waals surface area (Å²) in [4.78, 5) is 10.8. The fourth-order valence-corrected chi connectivity index (χ4v) is 9.85. The Morgan fingerprint density at radius 2 is 0.958 bits per heavy atom. The van der Waals surface area contributed by atoms with Gasteiger partial charge in [-0.05, 0) is 120 Å². The maximum absolute atomic E-state index is 12.6. The van der Waals surface area contributed by atoms with Gasteiger partial charge >= 0.3 is 0 Å². The highest BCUT2D eigenvalue weighted by atomic mass is 16.3. The van der Waals surface area contributed by atoms with Crippen LogP contribution in [-0.2, 0) is 27.1 Å². The van der Waals surface area contributed by atoms with Crippen LogP contribution in [0.15, 0.2) is 170 Å². The highest BCUT2D eigenvalue weighted by molar-refractivity contribution is 5.98. The SMILES string of the molecule is CC(C)(C)c1cc(-c2cc(-c3cccc(C(C)(C)c4ccccc4)c3)ccn2)cc(-c2cccc3c2nc(-c2cc(C(C)(C)C)cc(C(C)(C)C)c2O)n3-c2ccc(C(C)(C)C)cc2-c2ccccc2)c1. The van der Waals surface area contributed by atoms with E-state index in [9.17, 15) is 5.11 Å². The van der Waals surface area contributed by atoms with Crippen LogP contribution in [0.1, 0.15) is 130 Å². The molecule has 0 saturated heterocycles. The molecule has 1 N–H and O–H groups in total. The Morgan fingerprint density at radius 3 is 1.62 bits per heavy atom. The van der Waals surface area contributed by atoms with Crippen LogP contribution in [0.5, 0.6) is 5.75 Å². The number of para-hydroxylation sites is 1. The number of fused-ring (bicyclic) bond motifs is 1. The molecule has 0 aliphatic rings. The van der Waals surface area contributed by atoms with Gasteiger partial charge in [0, 0.05) is 33.9 Å². The van der Waals surface area contributed by atoms with Crippen LogP contribution in [0.3, 0.4) is 0 Å². The van der Waals surface area contributed by atoms with Gasteiger partial charge < -0.3 is 5.11 Å². The van der Waals surface area contributed by atoms with Crippen molar-refractivity contribution in [3.05, 3.63) is 203 Å². The lowest BCUT2D eigenvalue weighted by molar-refractivity contribution is 0.446. The van der Waals surface area contributed by atoms with Gasteiger partial charge in [-0.25, -0.2) is 4.98 Å². The van der Waals surface area contributed by atoms with Crippen LogP contribution >= 0.6 is 0 Å². The molecular weight excluding hydrogens is 863 g/mol. The first-order chi connectivity index (χ1) is 33.4. The van der Waals surface area contributed by atoms with Crippen LogP contribution in [0.25, 0.3) is 72.7 Å². The van der Waals surface area contributed by atoms with Gasteiger partial charge in [0.25, 0.3) is 0 Å². The van der Waals surface area contributed by atoms with Crippen LogP contribution < -0.4 is 0 Å². The van der Waals surface area contributed by atoms with E-state index in [4.69, 9.17) is 9.97 Å². The van der Waals surface area contributed by atoms with Gasteiger partial charge in [0.05, 0.1) is 28.0 Å². The number of pyridine rings is 1. The Balaban J connectivity index is 1.29. The number of phenolic OH excluding ortho intramolecular Hbond substituents is 1. The summed E-state index contributed by atoms with van der Waals surface area (Å²) in [6.45, 7) is 31.5. The van der Waals surface area contributed by atoms with Crippen LogP contribution in [-0.4, -0.2) is 19.6 Å². The Morgan fingerprint density at radius 1 is 0.394 bits per heavy atom. The lowest BCUT2D eigenvalue weighted by atomic mass is 9.77. The third-order valence-electron chi connectivity index (χ3n) is 14.5. The zero-order valence-corrected chi connectivity index (χ0v) is 44.5. The second-order valence-corrected chi connectivity index (χ2v) is 24.3. The third-order valence-corrected chi connectivity index (χ3v) is 14.5. The maximum Gasteiger partial charge on any atom is 0.149 e. The molecular formula is C67H71N3O. The van der Waals surface area contributed by atoms with Gasteiger partial charge in [0.2, 0.25) is 0 Å². The van der Waals surface area contributed by atoms with E-state index in [-0.39, 0.29) is 32.8 Å². The first kappa shape index (κ1) is 49.0. The number of benzene rings is 7. The minimum atomic E-state index is -0.331. The van der Waals surface area contributed by atoms with Crippen molar-refractivity contribution < 1.29 is 5.11 Å². The normalized spacial score (nSPS) is 12.7. The molecule has 2 aromatic heterocycles. The van der Waals surface area contributed by atoms with Crippen molar-refractivity contribution in [2.45, 2.75) is 124 Å². The zero-order chi connectivity index (χ0) is 50.8. The minimum absolute atomic E-state index is 0.0799. The number of rotatable bonds is 8. The molecule has 0 radical (unpaired) electrons. The lowest BCUT2D eigenvalue weighted by Gasteiger charge is -2.28. The predicted octanol–water partition coefficient (Wildman–Crippen LogP) is 18.0. The van der Waals surface area contributed by atoms with Crippen molar-refractivity contribution in [1.29, 1.82) is 0 Å². The Hall–Kier alpha value is -7.04. The van der Waals surface area contributed by atoms with Gasteiger partial charge in [-0.2, -0.15) is 0 Å². The molecule has 0 fully saturated rings. The molecule has 0 atom stereocenters. The Kier molecular flexibility index (Phi) is 12.4. The summed E-state index contributed by atoms with van der Waals surface area (Å²) in [5, 5.41) is 12.6. The van der Waals surface area contributed by atoms with Crippen molar-refractivity contribution >= 4 is 11.0 Å². The molecule has 0 aliphatic heterocycles. The first-order valence-corrected chi connectivity index (χ1v) is 25.3. The molecule has 0 unspecified atom stereocenters. The molecule has 9 rings (SSSR count). The number of phenols is 1. The molecule has 0 spiro atoms. The second kappa shape index (κ2) is 18.0. The number of aromatic hydroxyl groups is 1. The highest BCUT2D eigenvalue weighted by Crippen LogP contribution is 2.46. The predicted molar refractivity (Wildman–Crippen MR) is 301 cm³/mol. The molecule has 4 heteroatoms. The van der Waals surface area contributed by atoms with Crippen LogP contribution in [0.4, 0.5) is 0 Å². The summed E-state index contributed by atoms with van der Waals surface area (Å²) in [5.41, 5.74) is 18.1. The second-order valence-electron chi connectivity index (χ2n) is 24.3. The minimum Gasteiger partial charge on any atom is -0.507 e. The van der Waals surface area contributed by atoms with E-state index < -0.39 is 0 Å². The quantitative estimate of drug-likeness (QED) is 0.165. The summed E-state index contributed by atoms with van der Waals surface area (Å²) >= 11 is 0. The molecule has 9 aromatic rings. The number of nitrogens with zero attached hydrogens (tertiary/aromatic N) is 3. The fourth-order valence-electron chi connectivity index (χ4n) is 9.85. The Labute approximate surface area is 423 Å². The van der Waals surface area contributed by atoms with E-state index in [2.05, 4.69) is 265 Å². The topological polar surface area (TPSA) is 50.9 Å². The van der Waals surface area contributed by atoms with E-state index in [0.29, 0.717) is 11.4 Å². The van der Waals surface area contributed by atoms with Crippen molar-refractivity contribution in [3.8, 4) is 67.5 Å². The number of imidazole rings is 1. The summed E-state index contributed by atoms with van der Waals surface area (Å²) in [6.07, 6.45) is 1.94. The third kappa shape index (κ3) is 9.62. The van der Waals surface area contributed by atoms with Gasteiger partial charge in [-0.3, -0.25) is 9.55 Å². The van der Waals surface area contributed by atoms with Gasteiger partial charge in [0.1, 0.15) is 11.6 Å². The standard InChI is InChI=1S/C67H71N3O/c1-63(2,3)49-31-32-58(54(40-49)43-23-17-15-18-24-43)70-59-30-22-29-53(60(59)69-62(70)55-41-52(65(7,8)9)42-56(61(55)71)66(10,11)12)46-35-47(38-51(37-46)64(4,5)6)57-39-45(33-34-68-57)44-25-21-28-50(36-44)67(13,14)48-26-19-16-20-27-48/h15-42,71H,1-14H3. The molecule has 0 aliphatic carbocycles. The first-order valence-electron chi connectivity index (χ1n) is 25.3.